The Balaban J connectivity index is 3.12. The lowest BCUT2D eigenvalue weighted by molar-refractivity contribution is -0.157. The number of hydrogen-bond acceptors (Lipinski definition) is 6. The van der Waals surface area contributed by atoms with Gasteiger partial charge in [0.25, 0.3) is 0 Å². The lowest BCUT2D eigenvalue weighted by atomic mass is 9.98. The number of carbonyl (C=O) groups excluding carboxylic acids is 2. The summed E-state index contributed by atoms with van der Waals surface area (Å²) in [5.74, 6) is -2.19. The molecule has 0 amide bonds. The van der Waals surface area contributed by atoms with Crippen molar-refractivity contribution in [2.24, 2.45) is 0 Å². The van der Waals surface area contributed by atoms with Gasteiger partial charge in [-0.15, -0.1) is 0 Å². The van der Waals surface area contributed by atoms with Crippen molar-refractivity contribution in [3.8, 4) is 0 Å². The minimum Gasteiger partial charge on any atom is -0.465 e. The van der Waals surface area contributed by atoms with Gasteiger partial charge >= 0.3 is 11.9 Å². The summed E-state index contributed by atoms with van der Waals surface area (Å²) < 4.78 is 14.0. The number of aryl methyl sites for hydroxylation is 2. The molecule has 100 valence electrons. The zero-order valence-electron chi connectivity index (χ0n) is 11.0. The highest BCUT2D eigenvalue weighted by molar-refractivity contribution is 7.05. The van der Waals surface area contributed by atoms with Crippen molar-refractivity contribution in [3.63, 3.8) is 0 Å². The first kappa shape index (κ1) is 14.6. The maximum Gasteiger partial charge on any atom is 0.325 e. The van der Waals surface area contributed by atoms with Crippen molar-refractivity contribution in [1.29, 1.82) is 0 Å². The molecule has 0 atom stereocenters. The van der Waals surface area contributed by atoms with E-state index >= 15 is 0 Å². The molecule has 0 saturated heterocycles. The molecule has 0 aliphatic heterocycles. The Bertz CT molecular complexity index is 404. The van der Waals surface area contributed by atoms with Crippen LogP contribution in [-0.4, -0.2) is 29.5 Å². The maximum atomic E-state index is 11.9. The van der Waals surface area contributed by atoms with E-state index in [1.807, 2.05) is 6.92 Å². The predicted molar refractivity (Wildman–Crippen MR) is 67.6 cm³/mol. The molecule has 5 nitrogen and oxygen atoms in total. The molecule has 0 aromatic carbocycles. The van der Waals surface area contributed by atoms with Crippen molar-refractivity contribution in [2.45, 2.75) is 33.6 Å². The first-order valence-electron chi connectivity index (χ1n) is 5.78. The van der Waals surface area contributed by atoms with Crippen LogP contribution in [0.25, 0.3) is 0 Å². The maximum absolute atomic E-state index is 11.9. The number of ether oxygens (including phenoxy) is 2. The number of rotatable bonds is 5. The molecule has 6 heteroatoms. The second-order valence-corrected chi connectivity index (χ2v) is 4.65. The van der Waals surface area contributed by atoms with Gasteiger partial charge in [-0.05, 0) is 39.2 Å². The fraction of sp³-hybridized carbons (Fsp3) is 0.583. The summed E-state index contributed by atoms with van der Waals surface area (Å²) >= 11 is 1.26. The molecule has 1 aromatic heterocycles. The van der Waals surface area contributed by atoms with E-state index in [1.54, 1.807) is 20.8 Å². The van der Waals surface area contributed by atoms with Gasteiger partial charge in [-0.1, -0.05) is 0 Å². The van der Waals surface area contributed by atoms with E-state index in [0.717, 1.165) is 4.88 Å². The van der Waals surface area contributed by atoms with Crippen LogP contribution in [0.15, 0.2) is 0 Å². The molecule has 1 aromatic rings. The van der Waals surface area contributed by atoms with Crippen molar-refractivity contribution >= 4 is 23.5 Å². The first-order chi connectivity index (χ1) is 8.52. The quantitative estimate of drug-likeness (QED) is 0.605. The molecular weight excluding hydrogens is 254 g/mol. The van der Waals surface area contributed by atoms with Crippen molar-refractivity contribution in [3.05, 3.63) is 16.1 Å². The van der Waals surface area contributed by atoms with Crippen LogP contribution < -0.4 is 0 Å². The Morgan fingerprint density at radius 1 is 1.17 bits per heavy atom. The molecular formula is C12H17NO4S. The molecule has 18 heavy (non-hydrogen) atoms. The van der Waals surface area contributed by atoms with Gasteiger partial charge in [0, 0.05) is 10.4 Å². The zero-order valence-corrected chi connectivity index (χ0v) is 11.8. The molecule has 0 bridgehead atoms. The van der Waals surface area contributed by atoms with Crippen LogP contribution >= 0.6 is 11.5 Å². The van der Waals surface area contributed by atoms with E-state index in [2.05, 4.69) is 4.37 Å². The Kier molecular flexibility index (Phi) is 5.27. The minimum absolute atomic E-state index is 0.227. The number of aromatic nitrogens is 1. The Morgan fingerprint density at radius 3 is 2.00 bits per heavy atom. The Morgan fingerprint density at radius 2 is 1.67 bits per heavy atom. The third-order valence-corrected chi connectivity index (χ3v) is 3.28. The number of hydrogen-bond donors (Lipinski definition) is 0. The van der Waals surface area contributed by atoms with Crippen LogP contribution in [0.5, 0.6) is 0 Å². The van der Waals surface area contributed by atoms with Crippen molar-refractivity contribution in [1.82, 2.24) is 4.37 Å². The highest BCUT2D eigenvalue weighted by atomic mass is 32.1. The summed E-state index contributed by atoms with van der Waals surface area (Å²) in [5.41, 5.74) is 1.28. The summed E-state index contributed by atoms with van der Waals surface area (Å²) in [5, 5.41) is 0. The summed E-state index contributed by atoms with van der Waals surface area (Å²) in [6, 6.07) is 0. The van der Waals surface area contributed by atoms with Gasteiger partial charge in [-0.2, -0.15) is 4.37 Å². The van der Waals surface area contributed by atoms with Gasteiger partial charge in [-0.25, -0.2) is 0 Å². The average Bonchev–Trinajstić information content (AvgIpc) is 2.62. The molecule has 0 N–H and O–H groups in total. The van der Waals surface area contributed by atoms with Gasteiger partial charge in [-0.3, -0.25) is 9.59 Å². The summed E-state index contributed by atoms with van der Waals surface area (Å²) in [7, 11) is 0. The monoisotopic (exact) mass is 271 g/mol. The van der Waals surface area contributed by atoms with E-state index in [1.165, 1.54) is 11.5 Å². The average molecular weight is 271 g/mol. The normalized spacial score (nSPS) is 10.5. The number of carbonyl (C=O) groups is 2. The first-order valence-corrected chi connectivity index (χ1v) is 6.56. The number of esters is 2. The van der Waals surface area contributed by atoms with Gasteiger partial charge in [0.1, 0.15) is 0 Å². The van der Waals surface area contributed by atoms with Gasteiger partial charge < -0.3 is 9.47 Å². The molecule has 0 aliphatic rings. The van der Waals surface area contributed by atoms with Gasteiger partial charge in [0.2, 0.25) is 0 Å². The third-order valence-electron chi connectivity index (χ3n) is 2.42. The van der Waals surface area contributed by atoms with Crippen LogP contribution in [-0.2, 0) is 19.1 Å². The Hall–Kier alpha value is -1.43. The molecule has 0 spiro atoms. The van der Waals surface area contributed by atoms with Crippen molar-refractivity contribution < 1.29 is 19.1 Å². The third kappa shape index (κ3) is 3.07. The fourth-order valence-electron chi connectivity index (χ4n) is 1.69. The van der Waals surface area contributed by atoms with Gasteiger partial charge in [0.15, 0.2) is 5.92 Å². The van der Waals surface area contributed by atoms with Crippen LogP contribution in [0.2, 0.25) is 0 Å². The predicted octanol–water partition coefficient (Wildman–Crippen LogP) is 1.97. The summed E-state index contributed by atoms with van der Waals surface area (Å²) in [4.78, 5) is 24.7. The molecule has 0 radical (unpaired) electrons. The smallest absolute Gasteiger partial charge is 0.325 e. The molecule has 0 aliphatic carbocycles. The van der Waals surface area contributed by atoms with E-state index < -0.39 is 17.9 Å². The van der Waals surface area contributed by atoms with E-state index in [-0.39, 0.29) is 13.2 Å². The topological polar surface area (TPSA) is 65.5 Å². The summed E-state index contributed by atoms with van der Waals surface area (Å²) in [6.45, 7) is 7.45. The molecule has 1 heterocycles. The van der Waals surface area contributed by atoms with Crippen LogP contribution in [0.3, 0.4) is 0 Å². The Labute approximate surface area is 110 Å². The lowest BCUT2D eigenvalue weighted by Gasteiger charge is -2.14. The summed E-state index contributed by atoms with van der Waals surface area (Å²) in [6.07, 6.45) is 0. The van der Waals surface area contributed by atoms with E-state index in [4.69, 9.17) is 9.47 Å². The van der Waals surface area contributed by atoms with Crippen molar-refractivity contribution in [2.75, 3.05) is 13.2 Å². The van der Waals surface area contributed by atoms with Crippen LogP contribution in [0.4, 0.5) is 0 Å². The fourth-order valence-corrected chi connectivity index (χ4v) is 2.42. The van der Waals surface area contributed by atoms with Crippen LogP contribution in [0.1, 0.15) is 35.9 Å². The minimum atomic E-state index is -1.02. The molecule has 0 fully saturated rings. The second kappa shape index (κ2) is 6.49. The molecule has 1 rings (SSSR count). The lowest BCUT2D eigenvalue weighted by Crippen LogP contribution is -2.27. The number of nitrogens with zero attached hydrogens (tertiary/aromatic N) is 1. The van der Waals surface area contributed by atoms with E-state index in [0.29, 0.717) is 11.3 Å². The largest absolute Gasteiger partial charge is 0.465 e. The van der Waals surface area contributed by atoms with E-state index in [9.17, 15) is 9.59 Å². The molecule has 0 saturated carbocycles. The zero-order chi connectivity index (χ0) is 13.7. The van der Waals surface area contributed by atoms with Gasteiger partial charge in [0.05, 0.1) is 18.9 Å². The molecule has 0 unspecified atom stereocenters. The second-order valence-electron chi connectivity index (χ2n) is 3.67. The highest BCUT2D eigenvalue weighted by Crippen LogP contribution is 2.28. The standard InChI is InChI=1S/C12H17NO4S/c1-5-16-11(14)10(12(15)17-6-2)9-7(3)13-18-8(9)4/h10H,5-6H2,1-4H3. The highest BCUT2D eigenvalue weighted by Gasteiger charge is 2.35. The van der Waals surface area contributed by atoms with Crippen LogP contribution in [0, 0.1) is 13.8 Å². The SMILES string of the molecule is CCOC(=O)C(C(=O)OCC)c1c(C)nsc1C.